The molecule has 0 aliphatic heterocycles. The number of hydrogen-bond acceptors (Lipinski definition) is 3. The van der Waals surface area contributed by atoms with Gasteiger partial charge in [-0.1, -0.05) is 24.3 Å². The van der Waals surface area contributed by atoms with Crippen LogP contribution in [0.1, 0.15) is 28.8 Å². The van der Waals surface area contributed by atoms with Crippen molar-refractivity contribution < 1.29 is 9.53 Å². The summed E-state index contributed by atoms with van der Waals surface area (Å²) < 4.78 is 6.77. The molecule has 0 bridgehead atoms. The number of pyridine rings is 1. The van der Waals surface area contributed by atoms with Crippen LogP contribution in [0, 0.1) is 6.92 Å². The number of aryl methyl sites for hydroxylation is 1. The molecule has 1 N–H and O–H groups in total. The number of hydrogen-bond donors (Lipinski definition) is 1. The van der Waals surface area contributed by atoms with Crippen molar-refractivity contribution in [2.24, 2.45) is 0 Å². The molecule has 1 aliphatic carbocycles. The summed E-state index contributed by atoms with van der Waals surface area (Å²) >= 11 is 0. The van der Waals surface area contributed by atoms with Crippen molar-refractivity contribution in [3.05, 3.63) is 70.2 Å². The lowest BCUT2D eigenvalue weighted by Crippen LogP contribution is -2.37. The van der Waals surface area contributed by atoms with E-state index in [1.807, 2.05) is 24.3 Å². The van der Waals surface area contributed by atoms with Gasteiger partial charge in [0.15, 0.2) is 0 Å². The topological polar surface area (TPSA) is 60.3 Å². The van der Waals surface area contributed by atoms with Crippen molar-refractivity contribution in [3.8, 4) is 11.4 Å². The van der Waals surface area contributed by atoms with Gasteiger partial charge < -0.3 is 10.1 Å². The Hall–Kier alpha value is -2.82. The molecule has 0 saturated heterocycles. The third-order valence-electron chi connectivity index (χ3n) is 4.20. The van der Waals surface area contributed by atoms with E-state index in [2.05, 4.69) is 5.32 Å². The lowest BCUT2D eigenvalue weighted by molar-refractivity contribution is 0.0941. The highest BCUT2D eigenvalue weighted by molar-refractivity contribution is 5.95. The van der Waals surface area contributed by atoms with E-state index < -0.39 is 0 Å². The molecule has 0 radical (unpaired) electrons. The highest BCUT2D eigenvalue weighted by Crippen LogP contribution is 2.21. The van der Waals surface area contributed by atoms with Gasteiger partial charge >= 0.3 is 0 Å². The first-order valence-corrected chi connectivity index (χ1v) is 7.95. The Morgan fingerprint density at radius 2 is 2.08 bits per heavy atom. The van der Waals surface area contributed by atoms with Crippen molar-refractivity contribution in [1.82, 2.24) is 9.88 Å². The minimum atomic E-state index is -0.348. The molecule has 2 aromatic rings. The summed E-state index contributed by atoms with van der Waals surface area (Å²) in [4.78, 5) is 25.5. The average molecular weight is 324 g/mol. The predicted octanol–water partition coefficient (Wildman–Crippen LogP) is 2.60. The summed E-state index contributed by atoms with van der Waals surface area (Å²) in [5.41, 5.74) is 1.09. The van der Waals surface area contributed by atoms with Gasteiger partial charge in [-0.3, -0.25) is 14.2 Å². The number of nitrogens with one attached hydrogen (secondary N) is 1. The number of nitrogens with zero attached hydrogens (tertiary/aromatic N) is 1. The SMILES string of the molecule is COc1ccccc1-n1ccc(C)c(C(=O)NC2C=CCC2)c1=O. The van der Waals surface area contributed by atoms with Crippen LogP contribution in [0.25, 0.3) is 5.69 Å². The first kappa shape index (κ1) is 16.1. The molecule has 124 valence electrons. The third kappa shape index (κ3) is 2.97. The molecular formula is C19H20N2O3. The van der Waals surface area contributed by atoms with Crippen molar-refractivity contribution in [2.75, 3.05) is 7.11 Å². The first-order chi connectivity index (χ1) is 11.6. The molecule has 1 aliphatic rings. The van der Waals surface area contributed by atoms with Crippen molar-refractivity contribution in [3.63, 3.8) is 0 Å². The molecule has 0 spiro atoms. The molecule has 1 unspecified atom stereocenters. The maximum atomic E-state index is 12.9. The predicted molar refractivity (Wildman–Crippen MR) is 93.0 cm³/mol. The largest absolute Gasteiger partial charge is 0.495 e. The van der Waals surface area contributed by atoms with Gasteiger partial charge in [-0.2, -0.15) is 0 Å². The molecular weight excluding hydrogens is 304 g/mol. The van der Waals surface area contributed by atoms with Gasteiger partial charge in [0.05, 0.1) is 12.8 Å². The summed E-state index contributed by atoms with van der Waals surface area (Å²) in [5, 5.41) is 2.91. The normalized spacial score (nSPS) is 16.2. The van der Waals surface area contributed by atoms with Gasteiger partial charge in [0.1, 0.15) is 11.3 Å². The lowest BCUT2D eigenvalue weighted by atomic mass is 10.1. The number of methoxy groups -OCH3 is 1. The van der Waals surface area contributed by atoms with Crippen LogP contribution in [-0.2, 0) is 0 Å². The number of amides is 1. The third-order valence-corrected chi connectivity index (χ3v) is 4.20. The molecule has 1 amide bonds. The molecule has 1 atom stereocenters. The van der Waals surface area contributed by atoms with Crippen LogP contribution in [0.4, 0.5) is 0 Å². The van der Waals surface area contributed by atoms with Gasteiger partial charge in [-0.15, -0.1) is 0 Å². The summed E-state index contributed by atoms with van der Waals surface area (Å²) in [6.45, 7) is 1.77. The van der Waals surface area contributed by atoms with E-state index in [0.29, 0.717) is 17.0 Å². The van der Waals surface area contributed by atoms with E-state index in [1.54, 1.807) is 38.4 Å². The van der Waals surface area contributed by atoms with E-state index in [-0.39, 0.29) is 23.1 Å². The Bertz CT molecular complexity index is 852. The van der Waals surface area contributed by atoms with Gasteiger partial charge in [-0.25, -0.2) is 0 Å². The summed E-state index contributed by atoms with van der Waals surface area (Å²) in [7, 11) is 1.55. The highest BCUT2D eigenvalue weighted by atomic mass is 16.5. The highest BCUT2D eigenvalue weighted by Gasteiger charge is 2.20. The van der Waals surface area contributed by atoms with Crippen LogP contribution < -0.4 is 15.6 Å². The Morgan fingerprint density at radius 3 is 2.79 bits per heavy atom. The second-order valence-electron chi connectivity index (χ2n) is 5.81. The number of benzene rings is 1. The van der Waals surface area contributed by atoms with Gasteiger partial charge in [0, 0.05) is 12.2 Å². The van der Waals surface area contributed by atoms with Crippen LogP contribution in [-0.4, -0.2) is 23.6 Å². The molecule has 1 aromatic heterocycles. The second-order valence-corrected chi connectivity index (χ2v) is 5.81. The Balaban J connectivity index is 2.03. The van der Waals surface area contributed by atoms with Gasteiger partial charge in [0.25, 0.3) is 11.5 Å². The summed E-state index contributed by atoms with van der Waals surface area (Å²) in [5.74, 6) is 0.242. The lowest BCUT2D eigenvalue weighted by Gasteiger charge is -2.15. The molecule has 1 heterocycles. The van der Waals surface area contributed by atoms with Crippen LogP contribution in [0.5, 0.6) is 5.75 Å². The zero-order valence-corrected chi connectivity index (χ0v) is 13.8. The zero-order valence-electron chi connectivity index (χ0n) is 13.8. The monoisotopic (exact) mass is 324 g/mol. The summed E-state index contributed by atoms with van der Waals surface area (Å²) in [6, 6.07) is 9.00. The second kappa shape index (κ2) is 6.74. The van der Waals surface area contributed by atoms with Gasteiger partial charge in [-0.05, 0) is 43.5 Å². The molecule has 3 rings (SSSR count). The van der Waals surface area contributed by atoms with Crippen LogP contribution >= 0.6 is 0 Å². The van der Waals surface area contributed by atoms with Crippen LogP contribution in [0.3, 0.4) is 0 Å². The minimum absolute atomic E-state index is 0.00350. The number of aromatic nitrogens is 1. The van der Waals surface area contributed by atoms with Crippen LogP contribution in [0.2, 0.25) is 0 Å². The molecule has 24 heavy (non-hydrogen) atoms. The molecule has 0 saturated carbocycles. The van der Waals surface area contributed by atoms with E-state index in [1.165, 1.54) is 4.57 Å². The number of carbonyl (C=O) groups is 1. The van der Waals surface area contributed by atoms with E-state index in [9.17, 15) is 9.59 Å². The summed E-state index contributed by atoms with van der Waals surface area (Å²) in [6.07, 6.45) is 7.50. The van der Waals surface area contributed by atoms with E-state index in [0.717, 1.165) is 12.8 Å². The fourth-order valence-electron chi connectivity index (χ4n) is 2.91. The molecule has 0 fully saturated rings. The Kier molecular flexibility index (Phi) is 4.51. The quantitative estimate of drug-likeness (QED) is 0.880. The zero-order chi connectivity index (χ0) is 17.1. The minimum Gasteiger partial charge on any atom is -0.495 e. The molecule has 1 aromatic carbocycles. The fraction of sp³-hybridized carbons (Fsp3) is 0.263. The first-order valence-electron chi connectivity index (χ1n) is 7.95. The number of ether oxygens (including phenoxy) is 1. The number of allylic oxidation sites excluding steroid dienone is 1. The maximum Gasteiger partial charge on any atom is 0.268 e. The molecule has 5 nitrogen and oxygen atoms in total. The van der Waals surface area contributed by atoms with Crippen LogP contribution in [0.15, 0.2) is 53.5 Å². The molecule has 5 heteroatoms. The van der Waals surface area contributed by atoms with Crippen molar-refractivity contribution >= 4 is 5.91 Å². The Morgan fingerprint density at radius 1 is 1.29 bits per heavy atom. The van der Waals surface area contributed by atoms with E-state index in [4.69, 9.17) is 4.74 Å². The average Bonchev–Trinajstić information content (AvgIpc) is 3.08. The van der Waals surface area contributed by atoms with Crippen molar-refractivity contribution in [1.29, 1.82) is 0 Å². The number of para-hydroxylation sites is 2. The van der Waals surface area contributed by atoms with E-state index >= 15 is 0 Å². The van der Waals surface area contributed by atoms with Crippen molar-refractivity contribution in [2.45, 2.75) is 25.8 Å². The number of rotatable bonds is 4. The Labute approximate surface area is 140 Å². The van der Waals surface area contributed by atoms with Gasteiger partial charge in [0.2, 0.25) is 0 Å². The fourth-order valence-corrected chi connectivity index (χ4v) is 2.91. The smallest absolute Gasteiger partial charge is 0.268 e. The maximum absolute atomic E-state index is 12.9. The number of carbonyl (C=O) groups excluding carboxylic acids is 1. The standard InChI is InChI=1S/C19H20N2O3/c1-13-11-12-21(15-9-5-6-10-16(15)24-2)19(23)17(13)18(22)20-14-7-3-4-8-14/h3,5-7,9-12,14H,4,8H2,1-2H3,(H,20,22).